The van der Waals surface area contributed by atoms with Crippen LogP contribution in [0.25, 0.3) is 11.3 Å². The van der Waals surface area contributed by atoms with Crippen LogP contribution in [0, 0.1) is 6.92 Å². The van der Waals surface area contributed by atoms with Gasteiger partial charge in [0.2, 0.25) is 11.0 Å². The summed E-state index contributed by atoms with van der Waals surface area (Å²) in [6, 6.07) is 21.0. The highest BCUT2D eigenvalue weighted by Gasteiger charge is 2.41. The number of sulfonamides is 1. The van der Waals surface area contributed by atoms with Crippen LogP contribution in [-0.4, -0.2) is 41.8 Å². The molecule has 0 fully saturated rings. The topological polar surface area (TPSA) is 121 Å². The summed E-state index contributed by atoms with van der Waals surface area (Å²) in [5, 5.41) is 9.68. The Morgan fingerprint density at radius 3 is 2.45 bits per heavy atom. The Hall–Kier alpha value is -4.35. The standard InChI is InChI=1S/C27H23N5O4S2/c1-17-7-9-20(10-8-17)23-16-37-27(29-23)31-30-18(2)19-11-13-21(14-12-19)28-25(33)15-32-26(34)22-5-3-4-6-24(22)38(32,35)36/h3-14,16H,15H2,1-2H3,(H,28,33)(H,29,31)/b30-18-. The fraction of sp³-hybridized carbons (Fsp3) is 0.111. The van der Waals surface area contributed by atoms with E-state index >= 15 is 0 Å². The Labute approximate surface area is 223 Å². The molecule has 2 N–H and O–H groups in total. The van der Waals surface area contributed by atoms with Crippen molar-refractivity contribution in [3.8, 4) is 11.3 Å². The second kappa shape index (κ2) is 10.2. The molecule has 0 saturated carbocycles. The van der Waals surface area contributed by atoms with Crippen molar-refractivity contribution in [1.82, 2.24) is 9.29 Å². The molecule has 0 spiro atoms. The van der Waals surface area contributed by atoms with Crippen LogP contribution in [0.15, 0.2) is 88.2 Å². The van der Waals surface area contributed by atoms with Crippen LogP contribution in [0.1, 0.15) is 28.4 Å². The monoisotopic (exact) mass is 545 g/mol. The average molecular weight is 546 g/mol. The van der Waals surface area contributed by atoms with Gasteiger partial charge in [-0.1, -0.05) is 54.1 Å². The van der Waals surface area contributed by atoms with Gasteiger partial charge in [-0.3, -0.25) is 15.0 Å². The molecule has 1 aliphatic rings. The first-order chi connectivity index (χ1) is 18.2. The highest BCUT2D eigenvalue weighted by Crippen LogP contribution is 2.30. The van der Waals surface area contributed by atoms with Crippen LogP contribution in [0.5, 0.6) is 0 Å². The Morgan fingerprint density at radius 1 is 1.03 bits per heavy atom. The molecule has 1 aliphatic heterocycles. The number of amides is 2. The van der Waals surface area contributed by atoms with Gasteiger partial charge in [0.15, 0.2) is 0 Å². The molecule has 4 aromatic rings. The van der Waals surface area contributed by atoms with Gasteiger partial charge in [0.25, 0.3) is 15.9 Å². The number of rotatable bonds is 7. The quantitative estimate of drug-likeness (QED) is 0.256. The van der Waals surface area contributed by atoms with Gasteiger partial charge in [0, 0.05) is 16.6 Å². The summed E-state index contributed by atoms with van der Waals surface area (Å²) >= 11 is 1.46. The lowest BCUT2D eigenvalue weighted by Crippen LogP contribution is -2.37. The van der Waals surface area contributed by atoms with E-state index in [4.69, 9.17) is 0 Å². The third kappa shape index (κ3) is 5.06. The van der Waals surface area contributed by atoms with Crippen molar-refractivity contribution in [2.45, 2.75) is 18.7 Å². The highest BCUT2D eigenvalue weighted by molar-refractivity contribution is 7.90. The fourth-order valence-electron chi connectivity index (χ4n) is 3.89. The average Bonchev–Trinajstić information content (AvgIpc) is 3.46. The fourth-order valence-corrected chi connectivity index (χ4v) is 6.08. The molecule has 2 heterocycles. The predicted octanol–water partition coefficient (Wildman–Crippen LogP) is 4.74. The van der Waals surface area contributed by atoms with Crippen LogP contribution in [-0.2, 0) is 14.8 Å². The van der Waals surface area contributed by atoms with Crippen molar-refractivity contribution in [1.29, 1.82) is 0 Å². The molecule has 1 aromatic heterocycles. The van der Waals surface area contributed by atoms with E-state index < -0.39 is 28.4 Å². The molecule has 38 heavy (non-hydrogen) atoms. The number of carbonyl (C=O) groups excluding carboxylic acids is 2. The summed E-state index contributed by atoms with van der Waals surface area (Å²) in [7, 11) is -4.05. The summed E-state index contributed by atoms with van der Waals surface area (Å²) < 4.78 is 25.9. The number of hydrogen-bond donors (Lipinski definition) is 2. The summed E-state index contributed by atoms with van der Waals surface area (Å²) in [4.78, 5) is 29.5. The molecule has 0 unspecified atom stereocenters. The third-order valence-electron chi connectivity index (χ3n) is 5.96. The van der Waals surface area contributed by atoms with E-state index in [0.717, 1.165) is 16.8 Å². The second-order valence-electron chi connectivity index (χ2n) is 8.65. The van der Waals surface area contributed by atoms with Crippen LogP contribution in [0.4, 0.5) is 10.8 Å². The SMILES string of the molecule is C/C(=N/Nc1nc(-c2ccc(C)cc2)cs1)c1ccc(NC(=O)CN2C(=O)c3ccccc3S2(=O)=O)cc1. The first-order valence-corrected chi connectivity index (χ1v) is 13.9. The molecule has 0 aliphatic carbocycles. The molecule has 2 amide bonds. The van der Waals surface area contributed by atoms with E-state index in [2.05, 4.69) is 20.8 Å². The summed E-state index contributed by atoms with van der Waals surface area (Å²) in [5.41, 5.74) is 8.14. The van der Waals surface area contributed by atoms with E-state index in [1.807, 2.05) is 43.5 Å². The molecule has 5 rings (SSSR count). The van der Waals surface area contributed by atoms with Gasteiger partial charge in [-0.2, -0.15) is 5.10 Å². The molecule has 192 valence electrons. The summed E-state index contributed by atoms with van der Waals surface area (Å²) in [6.07, 6.45) is 0. The van der Waals surface area contributed by atoms with Gasteiger partial charge in [-0.15, -0.1) is 11.3 Å². The third-order valence-corrected chi connectivity index (χ3v) is 8.49. The normalized spacial score (nSPS) is 14.3. The molecule has 0 bridgehead atoms. The number of aryl methyl sites for hydroxylation is 1. The smallest absolute Gasteiger partial charge is 0.269 e. The van der Waals surface area contributed by atoms with Crippen molar-refractivity contribution in [2.75, 3.05) is 17.3 Å². The second-order valence-corrected chi connectivity index (χ2v) is 11.3. The Bertz CT molecular complexity index is 1660. The Kier molecular flexibility index (Phi) is 6.79. The molecule has 0 saturated heterocycles. The number of aromatic nitrogens is 1. The maximum Gasteiger partial charge on any atom is 0.269 e. The molecule has 0 radical (unpaired) electrons. The van der Waals surface area contributed by atoms with Gasteiger partial charge >= 0.3 is 0 Å². The zero-order valence-electron chi connectivity index (χ0n) is 20.5. The Morgan fingerprint density at radius 2 is 1.74 bits per heavy atom. The Balaban J connectivity index is 1.19. The number of fused-ring (bicyclic) bond motifs is 1. The highest BCUT2D eigenvalue weighted by atomic mass is 32.2. The van der Waals surface area contributed by atoms with Gasteiger partial charge in [0.05, 0.1) is 17.0 Å². The van der Waals surface area contributed by atoms with Gasteiger partial charge in [-0.25, -0.2) is 17.7 Å². The van der Waals surface area contributed by atoms with Crippen LogP contribution in [0.2, 0.25) is 0 Å². The molecule has 3 aromatic carbocycles. The van der Waals surface area contributed by atoms with Crippen molar-refractivity contribution < 1.29 is 18.0 Å². The number of carbonyl (C=O) groups is 2. The number of nitrogens with one attached hydrogen (secondary N) is 2. The van der Waals surface area contributed by atoms with E-state index in [1.54, 1.807) is 30.3 Å². The first-order valence-electron chi connectivity index (χ1n) is 11.6. The number of thiazole rings is 1. The van der Waals surface area contributed by atoms with Crippen LogP contribution in [0.3, 0.4) is 0 Å². The maximum absolute atomic E-state index is 12.7. The van der Waals surface area contributed by atoms with Gasteiger partial charge in [-0.05, 0) is 43.7 Å². The first kappa shape index (κ1) is 25.3. The molecular weight excluding hydrogens is 522 g/mol. The molecule has 11 heteroatoms. The summed E-state index contributed by atoms with van der Waals surface area (Å²) in [5.74, 6) is -1.33. The number of hydrazone groups is 1. The van der Waals surface area contributed by atoms with Crippen molar-refractivity contribution >= 4 is 49.7 Å². The van der Waals surface area contributed by atoms with Crippen LogP contribution < -0.4 is 10.7 Å². The van der Waals surface area contributed by atoms with E-state index in [0.29, 0.717) is 20.8 Å². The van der Waals surface area contributed by atoms with Crippen LogP contribution >= 0.6 is 11.3 Å². The van der Waals surface area contributed by atoms with Gasteiger partial charge < -0.3 is 5.32 Å². The lowest BCUT2D eigenvalue weighted by Gasteiger charge is -2.15. The molecular formula is C27H23N5O4S2. The van der Waals surface area contributed by atoms with Gasteiger partial charge in [0.1, 0.15) is 11.4 Å². The van der Waals surface area contributed by atoms with Crippen molar-refractivity contribution in [3.63, 3.8) is 0 Å². The van der Waals surface area contributed by atoms with E-state index in [1.165, 1.54) is 35.1 Å². The minimum absolute atomic E-state index is 0.0668. The summed E-state index contributed by atoms with van der Waals surface area (Å²) in [6.45, 7) is 3.27. The van der Waals surface area contributed by atoms with E-state index in [9.17, 15) is 18.0 Å². The van der Waals surface area contributed by atoms with Crippen molar-refractivity contribution in [2.24, 2.45) is 5.10 Å². The maximum atomic E-state index is 12.7. The number of hydrogen-bond acceptors (Lipinski definition) is 8. The zero-order chi connectivity index (χ0) is 26.9. The lowest BCUT2D eigenvalue weighted by molar-refractivity contribution is -0.116. The predicted molar refractivity (Wildman–Crippen MR) is 148 cm³/mol. The van der Waals surface area contributed by atoms with E-state index in [-0.39, 0.29) is 10.5 Å². The van der Waals surface area contributed by atoms with Crippen molar-refractivity contribution in [3.05, 3.63) is 94.9 Å². The number of anilines is 2. The number of benzene rings is 3. The molecule has 9 nitrogen and oxygen atoms in total. The number of nitrogens with zero attached hydrogens (tertiary/aromatic N) is 3. The zero-order valence-corrected chi connectivity index (χ0v) is 22.1. The largest absolute Gasteiger partial charge is 0.325 e. The molecule has 0 atom stereocenters. The minimum atomic E-state index is -4.05. The lowest BCUT2D eigenvalue weighted by atomic mass is 10.1. The minimum Gasteiger partial charge on any atom is -0.325 e.